The van der Waals surface area contributed by atoms with Gasteiger partial charge in [-0.25, -0.2) is 13.6 Å². The van der Waals surface area contributed by atoms with Crippen molar-refractivity contribution in [3.63, 3.8) is 0 Å². The molecule has 8 nitrogen and oxygen atoms in total. The Hall–Kier alpha value is -3.43. The van der Waals surface area contributed by atoms with Gasteiger partial charge in [-0.3, -0.25) is 9.48 Å². The monoisotopic (exact) mass is 401 g/mol. The summed E-state index contributed by atoms with van der Waals surface area (Å²) in [5.41, 5.74) is 5.65. The Morgan fingerprint density at radius 1 is 1.31 bits per heavy atom. The van der Waals surface area contributed by atoms with Crippen molar-refractivity contribution in [1.82, 2.24) is 14.3 Å². The molecule has 0 radical (unpaired) electrons. The molecule has 3 N–H and O–H groups in total. The van der Waals surface area contributed by atoms with Crippen LogP contribution in [-0.4, -0.2) is 25.4 Å². The molecule has 1 saturated carbocycles. The normalized spacial score (nSPS) is 15.9. The van der Waals surface area contributed by atoms with Crippen LogP contribution in [0.4, 0.5) is 20.3 Å². The van der Waals surface area contributed by atoms with Crippen LogP contribution >= 0.6 is 0 Å². The van der Waals surface area contributed by atoms with Gasteiger partial charge in [0.1, 0.15) is 17.1 Å². The van der Waals surface area contributed by atoms with E-state index in [2.05, 4.69) is 5.10 Å². The zero-order valence-electron chi connectivity index (χ0n) is 15.4. The molecule has 0 spiro atoms. The number of pyridine rings is 1. The molecule has 0 atom stereocenters. The maximum absolute atomic E-state index is 15.6. The van der Waals surface area contributed by atoms with Gasteiger partial charge in [0.2, 0.25) is 5.43 Å². The summed E-state index contributed by atoms with van der Waals surface area (Å²) >= 11 is 0. The first-order chi connectivity index (χ1) is 13.8. The first-order valence-corrected chi connectivity index (χ1v) is 9.13. The fraction of sp³-hybridized carbons (Fsp3) is 0.316. The summed E-state index contributed by atoms with van der Waals surface area (Å²) in [7, 11) is 1.71. The fourth-order valence-electron chi connectivity index (χ4n) is 4.10. The second-order valence-corrected chi connectivity index (χ2v) is 7.52. The fourth-order valence-corrected chi connectivity index (χ4v) is 4.10. The lowest BCUT2D eigenvalue weighted by molar-refractivity contribution is 0.0695. The predicted molar refractivity (Wildman–Crippen MR) is 101 cm³/mol. The van der Waals surface area contributed by atoms with Gasteiger partial charge in [-0.1, -0.05) is 0 Å². The number of aryl methyl sites for hydroxylation is 1. The Bertz CT molecular complexity index is 1250. The largest absolute Gasteiger partial charge is 0.477 e. The van der Waals surface area contributed by atoms with Crippen molar-refractivity contribution in [3.8, 4) is 0 Å². The number of rotatable bonds is 3. The predicted octanol–water partition coefficient (Wildman–Crippen LogP) is 2.15. The van der Waals surface area contributed by atoms with E-state index < -0.39 is 28.6 Å². The van der Waals surface area contributed by atoms with Crippen LogP contribution in [0.5, 0.6) is 0 Å². The molecule has 1 aromatic carbocycles. The lowest BCUT2D eigenvalue weighted by atomic mass is 10.1. The lowest BCUT2D eigenvalue weighted by Crippen LogP contribution is -2.23. The third-order valence-electron chi connectivity index (χ3n) is 5.67. The zero-order valence-corrected chi connectivity index (χ0v) is 15.4. The molecule has 2 aromatic heterocycles. The van der Waals surface area contributed by atoms with Crippen LogP contribution in [-0.2, 0) is 20.1 Å². The summed E-state index contributed by atoms with van der Waals surface area (Å²) in [5.74, 6) is -2.90. The van der Waals surface area contributed by atoms with Crippen LogP contribution in [0.1, 0.15) is 40.5 Å². The van der Waals surface area contributed by atoms with Crippen molar-refractivity contribution in [2.24, 2.45) is 7.05 Å². The van der Waals surface area contributed by atoms with Crippen molar-refractivity contribution in [1.29, 1.82) is 0 Å². The lowest BCUT2D eigenvalue weighted by Gasteiger charge is -2.22. The molecular formula is C19H17F2N5O3. The summed E-state index contributed by atoms with van der Waals surface area (Å²) in [5, 5.41) is 13.2. The number of carbonyl (C=O) groups is 1. The third kappa shape index (κ3) is 2.44. The molecule has 10 heteroatoms. The maximum Gasteiger partial charge on any atom is 0.341 e. The van der Waals surface area contributed by atoms with Crippen LogP contribution in [0.25, 0.3) is 10.9 Å². The van der Waals surface area contributed by atoms with Gasteiger partial charge >= 0.3 is 5.97 Å². The highest BCUT2D eigenvalue weighted by atomic mass is 19.1. The summed E-state index contributed by atoms with van der Waals surface area (Å²) in [4.78, 5) is 25.5. The minimum absolute atomic E-state index is 0.0686. The minimum atomic E-state index is -1.42. The summed E-state index contributed by atoms with van der Waals surface area (Å²) < 4.78 is 33.7. The molecule has 1 aliphatic heterocycles. The van der Waals surface area contributed by atoms with E-state index in [-0.39, 0.29) is 35.7 Å². The second-order valence-electron chi connectivity index (χ2n) is 7.52. The zero-order chi connectivity index (χ0) is 20.6. The van der Waals surface area contributed by atoms with Crippen LogP contribution in [0.2, 0.25) is 0 Å². The number of aromatic carboxylic acids is 1. The van der Waals surface area contributed by atoms with E-state index in [0.29, 0.717) is 11.4 Å². The number of halogens is 2. The molecule has 2 aliphatic rings. The van der Waals surface area contributed by atoms with Crippen LogP contribution in [0, 0.1) is 11.6 Å². The van der Waals surface area contributed by atoms with Crippen molar-refractivity contribution >= 4 is 28.4 Å². The number of benzene rings is 1. The average Bonchev–Trinajstić information content (AvgIpc) is 3.34. The van der Waals surface area contributed by atoms with Crippen LogP contribution in [0.15, 0.2) is 17.1 Å². The van der Waals surface area contributed by atoms with Crippen LogP contribution in [0.3, 0.4) is 0 Å². The van der Waals surface area contributed by atoms with Gasteiger partial charge in [0.25, 0.3) is 0 Å². The molecule has 150 valence electrons. The molecule has 0 unspecified atom stereocenters. The minimum Gasteiger partial charge on any atom is -0.477 e. The summed E-state index contributed by atoms with van der Waals surface area (Å²) in [6.07, 6.45) is 2.64. The van der Waals surface area contributed by atoms with Gasteiger partial charge in [-0.15, -0.1) is 0 Å². The molecule has 1 fully saturated rings. The molecule has 0 bridgehead atoms. The number of anilines is 2. The highest BCUT2D eigenvalue weighted by Gasteiger charge is 2.33. The Kier molecular flexibility index (Phi) is 3.52. The summed E-state index contributed by atoms with van der Waals surface area (Å²) in [6, 6.07) is 0.825. The van der Waals surface area contributed by atoms with Gasteiger partial charge in [-0.05, 0) is 18.9 Å². The van der Waals surface area contributed by atoms with Crippen molar-refractivity contribution in [2.45, 2.75) is 32.0 Å². The highest BCUT2D eigenvalue weighted by molar-refractivity contribution is 5.94. The number of nitrogens with zero attached hydrogens (tertiary/aromatic N) is 4. The Balaban J connectivity index is 1.74. The SMILES string of the molecule is Cn1nc(N)c2c1CN(c1c(F)cc3c(=O)c(C(=O)O)cn(C4CC4)c3c1F)C2. The molecule has 3 aromatic rings. The van der Waals surface area contributed by atoms with Gasteiger partial charge < -0.3 is 20.3 Å². The van der Waals surface area contributed by atoms with Gasteiger partial charge in [-0.2, -0.15) is 5.10 Å². The number of nitrogens with two attached hydrogens (primary N) is 1. The number of hydrogen-bond acceptors (Lipinski definition) is 5. The molecule has 0 amide bonds. The van der Waals surface area contributed by atoms with E-state index in [1.165, 1.54) is 9.47 Å². The standard InChI is InChI=1S/C19H17F2N5O3/c1-24-13-7-25(5-10(13)18(22)23-24)16-12(20)4-9-15(14(16)21)26(8-2-3-8)6-11(17(9)27)19(28)29/h4,6,8H,2-3,5,7H2,1H3,(H2,22,23)(H,28,29). The van der Waals surface area contributed by atoms with Gasteiger partial charge in [0.15, 0.2) is 11.6 Å². The second kappa shape index (κ2) is 5.79. The van der Waals surface area contributed by atoms with E-state index in [0.717, 1.165) is 30.8 Å². The quantitative estimate of drug-likeness (QED) is 0.697. The molecule has 0 saturated heterocycles. The molecular weight excluding hydrogens is 384 g/mol. The third-order valence-corrected chi connectivity index (χ3v) is 5.67. The van der Waals surface area contributed by atoms with Crippen molar-refractivity contribution < 1.29 is 18.7 Å². The Morgan fingerprint density at radius 3 is 2.66 bits per heavy atom. The van der Waals surface area contributed by atoms with E-state index in [1.807, 2.05) is 0 Å². The topological polar surface area (TPSA) is 106 Å². The number of nitrogen functional groups attached to an aromatic ring is 1. The van der Waals surface area contributed by atoms with E-state index in [4.69, 9.17) is 5.73 Å². The van der Waals surface area contributed by atoms with Gasteiger partial charge in [0.05, 0.1) is 23.1 Å². The summed E-state index contributed by atoms with van der Waals surface area (Å²) in [6.45, 7) is 0.408. The molecule has 5 rings (SSSR count). The smallest absolute Gasteiger partial charge is 0.341 e. The number of aromatic nitrogens is 3. The number of carboxylic acid groups (broad SMARTS) is 1. The van der Waals surface area contributed by atoms with Gasteiger partial charge in [0, 0.05) is 31.4 Å². The Morgan fingerprint density at radius 2 is 2.03 bits per heavy atom. The Labute approximate surface area is 162 Å². The van der Waals surface area contributed by atoms with Crippen molar-refractivity contribution in [3.05, 3.63) is 50.9 Å². The molecule has 3 heterocycles. The first-order valence-electron chi connectivity index (χ1n) is 9.13. The molecule has 1 aliphatic carbocycles. The first kappa shape index (κ1) is 17.7. The van der Waals surface area contributed by atoms with E-state index in [1.54, 1.807) is 11.7 Å². The van der Waals surface area contributed by atoms with E-state index in [9.17, 15) is 19.1 Å². The number of fused-ring (bicyclic) bond motifs is 2. The van der Waals surface area contributed by atoms with Crippen molar-refractivity contribution in [2.75, 3.05) is 10.6 Å². The van der Waals surface area contributed by atoms with E-state index >= 15 is 4.39 Å². The van der Waals surface area contributed by atoms with Crippen LogP contribution < -0.4 is 16.1 Å². The number of carboxylic acids is 1. The molecule has 29 heavy (non-hydrogen) atoms. The maximum atomic E-state index is 15.6. The average molecular weight is 401 g/mol. The number of hydrogen-bond donors (Lipinski definition) is 2. The highest BCUT2D eigenvalue weighted by Crippen LogP contribution is 2.41.